The van der Waals surface area contributed by atoms with Crippen molar-refractivity contribution in [3.8, 4) is 0 Å². The van der Waals surface area contributed by atoms with Crippen molar-refractivity contribution < 1.29 is 10.2 Å². The first-order valence-electron chi connectivity index (χ1n) is 10.5. The summed E-state index contributed by atoms with van der Waals surface area (Å²) in [5, 5.41) is 25.3. The topological polar surface area (TPSA) is 96.1 Å². The molecule has 4 aliphatic carbocycles. The fourth-order valence-electron chi connectivity index (χ4n) is 5.69. The zero-order valence-corrected chi connectivity index (χ0v) is 19.3. The van der Waals surface area contributed by atoms with E-state index in [0.717, 1.165) is 41.0 Å². The predicted octanol–water partition coefficient (Wildman–Crippen LogP) is 2.68. The minimum atomic E-state index is -0.784. The number of rotatable bonds is 7. The minimum absolute atomic E-state index is 0.162. The molecule has 0 aromatic carbocycles. The summed E-state index contributed by atoms with van der Waals surface area (Å²) in [6.07, 6.45) is 8.56. The van der Waals surface area contributed by atoms with Crippen LogP contribution in [0.5, 0.6) is 0 Å². The number of halogens is 1. The van der Waals surface area contributed by atoms with Crippen LogP contribution < -0.4 is 5.32 Å². The highest BCUT2D eigenvalue weighted by Gasteiger charge is 2.71. The summed E-state index contributed by atoms with van der Waals surface area (Å²) in [6, 6.07) is 0.314. The quantitative estimate of drug-likeness (QED) is 0.377. The van der Waals surface area contributed by atoms with Gasteiger partial charge in [-0.05, 0) is 56.1 Å². The van der Waals surface area contributed by atoms with E-state index in [2.05, 4.69) is 49.1 Å². The van der Waals surface area contributed by atoms with Gasteiger partial charge in [0.25, 0.3) is 0 Å². The molecule has 156 valence electrons. The number of anilines is 1. The van der Waals surface area contributed by atoms with E-state index in [-0.39, 0.29) is 17.4 Å². The summed E-state index contributed by atoms with van der Waals surface area (Å²) in [4.78, 5) is 14.0. The maximum Gasteiger partial charge on any atom is 0.194 e. The molecule has 0 aliphatic heterocycles. The normalized spacial score (nSPS) is 36.0. The van der Waals surface area contributed by atoms with Crippen molar-refractivity contribution in [2.24, 2.45) is 23.2 Å². The molecule has 2 aromatic rings. The second-order valence-electron chi connectivity index (χ2n) is 9.41. The monoisotopic (exact) mass is 527 g/mol. The second-order valence-corrected chi connectivity index (χ2v) is 11.2. The molecule has 2 heterocycles. The van der Waals surface area contributed by atoms with Crippen LogP contribution in [0.1, 0.15) is 38.1 Å². The van der Waals surface area contributed by atoms with Gasteiger partial charge in [0.05, 0.1) is 18.5 Å². The van der Waals surface area contributed by atoms with Crippen molar-refractivity contribution in [1.82, 2.24) is 19.5 Å². The van der Waals surface area contributed by atoms with E-state index in [0.29, 0.717) is 9.87 Å². The summed E-state index contributed by atoms with van der Waals surface area (Å²) in [6.45, 7) is 0. The molecule has 0 bridgehead atoms. The van der Waals surface area contributed by atoms with E-state index < -0.39 is 12.2 Å². The summed E-state index contributed by atoms with van der Waals surface area (Å²) in [5.74, 6) is 3.49. The summed E-state index contributed by atoms with van der Waals surface area (Å²) in [5.41, 5.74) is 1.38. The summed E-state index contributed by atoms with van der Waals surface area (Å²) >= 11 is 3.91. The molecule has 4 aliphatic rings. The van der Waals surface area contributed by atoms with Gasteiger partial charge in [0.2, 0.25) is 0 Å². The van der Waals surface area contributed by atoms with Crippen LogP contribution in [0, 0.1) is 27.0 Å². The first kappa shape index (κ1) is 19.1. The van der Waals surface area contributed by atoms with Gasteiger partial charge in [0, 0.05) is 39.8 Å². The van der Waals surface area contributed by atoms with Crippen molar-refractivity contribution in [1.29, 1.82) is 0 Å². The standard InChI is InChI=1S/C20H26IN5O2S/c1-29-7-20-6-11(20)14(15(27)16(20)28)26-8-22-13-17(24-19(21)25-18(13)26)23-12(9-2-3-9)10-4-5-10/h8-12,14-16,27-28H,2-7H2,1H3,(H,23,24,25)/t11-,14-,15+,16+,20+/m1/s1. The van der Waals surface area contributed by atoms with Gasteiger partial charge in [0.15, 0.2) is 20.8 Å². The Labute approximate surface area is 187 Å². The van der Waals surface area contributed by atoms with Gasteiger partial charge in [0.1, 0.15) is 6.10 Å². The average Bonchev–Trinajstić information content (AvgIpc) is 3.57. The SMILES string of the molecule is CSC[C@@]12C[C@@H]1[C@@H](n1cnc3c(NC(C4CC4)C4CC4)nc(I)nc31)[C@H](O)[C@@H]2O. The number of aliphatic hydroxyl groups is 2. The lowest BCUT2D eigenvalue weighted by molar-refractivity contribution is -0.0126. The third kappa shape index (κ3) is 2.94. The number of aliphatic hydroxyl groups excluding tert-OH is 2. The largest absolute Gasteiger partial charge is 0.390 e. The number of nitrogens with one attached hydrogen (secondary N) is 1. The number of fused-ring (bicyclic) bond motifs is 2. The third-order valence-electron chi connectivity index (χ3n) is 7.54. The van der Waals surface area contributed by atoms with Gasteiger partial charge < -0.3 is 20.1 Å². The molecule has 5 atom stereocenters. The van der Waals surface area contributed by atoms with Crippen molar-refractivity contribution in [3.05, 3.63) is 10.2 Å². The Morgan fingerprint density at radius 2 is 2.00 bits per heavy atom. The maximum atomic E-state index is 10.9. The van der Waals surface area contributed by atoms with Crippen LogP contribution in [0.15, 0.2) is 6.33 Å². The highest BCUT2D eigenvalue weighted by Crippen LogP contribution is 2.68. The Kier molecular flexibility index (Phi) is 4.39. The van der Waals surface area contributed by atoms with Gasteiger partial charge in [-0.3, -0.25) is 0 Å². The Bertz CT molecular complexity index is 952. The molecule has 29 heavy (non-hydrogen) atoms. The predicted molar refractivity (Wildman–Crippen MR) is 121 cm³/mol. The molecule has 2 aromatic heterocycles. The third-order valence-corrected chi connectivity index (χ3v) is 8.85. The molecular formula is C20H26IN5O2S. The van der Waals surface area contributed by atoms with E-state index >= 15 is 0 Å². The lowest BCUT2D eigenvalue weighted by Crippen LogP contribution is -2.35. The van der Waals surface area contributed by atoms with E-state index in [4.69, 9.17) is 0 Å². The van der Waals surface area contributed by atoms with E-state index in [9.17, 15) is 10.2 Å². The van der Waals surface area contributed by atoms with Crippen LogP contribution in [0.2, 0.25) is 0 Å². The number of nitrogens with zero attached hydrogens (tertiary/aromatic N) is 4. The molecule has 3 N–H and O–H groups in total. The molecule has 4 fully saturated rings. The molecule has 6 rings (SSSR count). The molecule has 0 unspecified atom stereocenters. The smallest absolute Gasteiger partial charge is 0.194 e. The van der Waals surface area contributed by atoms with E-state index in [1.54, 1.807) is 18.1 Å². The highest BCUT2D eigenvalue weighted by atomic mass is 127. The molecule has 4 saturated carbocycles. The summed E-state index contributed by atoms with van der Waals surface area (Å²) < 4.78 is 2.69. The molecule has 0 saturated heterocycles. The molecular weight excluding hydrogens is 501 g/mol. The Morgan fingerprint density at radius 3 is 2.66 bits per heavy atom. The molecule has 0 radical (unpaired) electrons. The second kappa shape index (κ2) is 6.67. The fourth-order valence-corrected chi connectivity index (χ4v) is 7.20. The zero-order chi connectivity index (χ0) is 19.9. The number of imidazole rings is 1. The van der Waals surface area contributed by atoms with Crippen molar-refractivity contribution in [2.45, 2.75) is 56.4 Å². The molecule has 0 amide bonds. The number of hydrogen-bond acceptors (Lipinski definition) is 7. The fraction of sp³-hybridized carbons (Fsp3) is 0.750. The number of hydrogen-bond donors (Lipinski definition) is 3. The first-order valence-corrected chi connectivity index (χ1v) is 13.0. The maximum absolute atomic E-state index is 10.9. The van der Waals surface area contributed by atoms with Gasteiger partial charge in [-0.25, -0.2) is 15.0 Å². The minimum Gasteiger partial charge on any atom is -0.390 e. The lowest BCUT2D eigenvalue weighted by atomic mass is 10.0. The molecule has 0 spiro atoms. The van der Waals surface area contributed by atoms with Crippen molar-refractivity contribution in [2.75, 3.05) is 17.3 Å². The van der Waals surface area contributed by atoms with Gasteiger partial charge in [-0.1, -0.05) is 0 Å². The van der Waals surface area contributed by atoms with Gasteiger partial charge >= 0.3 is 0 Å². The van der Waals surface area contributed by atoms with Gasteiger partial charge in [-0.15, -0.1) is 0 Å². The number of aromatic nitrogens is 4. The van der Waals surface area contributed by atoms with E-state index in [1.807, 2.05) is 4.57 Å². The Morgan fingerprint density at radius 1 is 1.28 bits per heavy atom. The molecule has 7 nitrogen and oxygen atoms in total. The first-order chi connectivity index (χ1) is 14.0. The van der Waals surface area contributed by atoms with Gasteiger partial charge in [-0.2, -0.15) is 11.8 Å². The van der Waals surface area contributed by atoms with Crippen molar-refractivity contribution in [3.63, 3.8) is 0 Å². The lowest BCUT2D eigenvalue weighted by Gasteiger charge is -2.24. The Hall–Kier alpha value is -0.650. The zero-order valence-electron chi connectivity index (χ0n) is 16.3. The van der Waals surface area contributed by atoms with Crippen LogP contribution >= 0.6 is 34.4 Å². The average molecular weight is 527 g/mol. The van der Waals surface area contributed by atoms with Crippen LogP contribution in [0.4, 0.5) is 5.82 Å². The van der Waals surface area contributed by atoms with Crippen molar-refractivity contribution >= 4 is 51.3 Å². The number of thioether (sulfide) groups is 1. The molecule has 9 heteroatoms. The van der Waals surface area contributed by atoms with Crippen LogP contribution in [-0.4, -0.2) is 60.0 Å². The Balaban J connectivity index is 1.37. The van der Waals surface area contributed by atoms with Crippen LogP contribution in [-0.2, 0) is 0 Å². The van der Waals surface area contributed by atoms with Crippen LogP contribution in [0.25, 0.3) is 11.2 Å². The van der Waals surface area contributed by atoms with E-state index in [1.165, 1.54) is 25.7 Å². The summed E-state index contributed by atoms with van der Waals surface area (Å²) in [7, 11) is 0. The highest BCUT2D eigenvalue weighted by molar-refractivity contribution is 14.1. The van der Waals surface area contributed by atoms with Crippen LogP contribution in [0.3, 0.4) is 0 Å².